The van der Waals surface area contributed by atoms with E-state index in [-0.39, 0.29) is 33.5 Å². The van der Waals surface area contributed by atoms with Gasteiger partial charge in [-0.1, -0.05) is 29.8 Å². The number of rotatable bonds is 4. The molecule has 0 aliphatic carbocycles. The number of amidine groups is 1. The van der Waals surface area contributed by atoms with Crippen molar-refractivity contribution in [2.24, 2.45) is 4.40 Å². The van der Waals surface area contributed by atoms with Crippen molar-refractivity contribution in [3.8, 4) is 11.5 Å². The van der Waals surface area contributed by atoms with E-state index in [4.69, 9.17) is 0 Å². The monoisotopic (exact) mass is 416 g/mol. The van der Waals surface area contributed by atoms with E-state index in [0.29, 0.717) is 17.4 Å². The first-order valence-electron chi connectivity index (χ1n) is 8.92. The second-order valence-corrected chi connectivity index (χ2v) is 8.21. The predicted molar refractivity (Wildman–Crippen MR) is 114 cm³/mol. The van der Waals surface area contributed by atoms with Crippen LogP contribution in [0.4, 0.5) is 5.69 Å². The van der Waals surface area contributed by atoms with Gasteiger partial charge >= 0.3 is 0 Å². The highest BCUT2D eigenvalue weighted by atomic mass is 32.3. The minimum Gasteiger partial charge on any atom is -0.508 e. The average Bonchev–Trinajstić information content (AvgIpc) is 2.68. The maximum atomic E-state index is 13.2. The molecule has 0 saturated carbocycles. The molecule has 152 valence electrons. The van der Waals surface area contributed by atoms with Gasteiger partial charge in [-0.05, 0) is 30.7 Å². The number of benzene rings is 2. The van der Waals surface area contributed by atoms with Crippen molar-refractivity contribution in [3.05, 3.63) is 58.4 Å². The third kappa shape index (κ3) is 3.16. The van der Waals surface area contributed by atoms with Crippen LogP contribution in [0.2, 0.25) is 0 Å². The summed E-state index contributed by atoms with van der Waals surface area (Å²) in [6.07, 6.45) is 0.771. The Morgan fingerprint density at radius 1 is 1.17 bits per heavy atom. The van der Waals surface area contributed by atoms with Crippen molar-refractivity contribution in [3.63, 3.8) is 0 Å². The molecule has 1 aliphatic heterocycles. The summed E-state index contributed by atoms with van der Waals surface area (Å²) in [6, 6.07) is 10.8. The van der Waals surface area contributed by atoms with Crippen LogP contribution in [-0.2, 0) is 0 Å². The van der Waals surface area contributed by atoms with Crippen LogP contribution in [-0.4, -0.2) is 36.4 Å². The van der Waals surface area contributed by atoms with Crippen molar-refractivity contribution in [2.45, 2.75) is 18.2 Å². The highest BCUT2D eigenvalue weighted by Crippen LogP contribution is 2.56. The zero-order valence-electron chi connectivity index (χ0n) is 15.5. The number of pyridine rings is 1. The second kappa shape index (κ2) is 6.99. The van der Waals surface area contributed by atoms with Gasteiger partial charge in [0.15, 0.2) is 5.84 Å². The summed E-state index contributed by atoms with van der Waals surface area (Å²) >= 11 is 0. The topological polar surface area (TPSA) is 139 Å². The van der Waals surface area contributed by atoms with E-state index >= 15 is 0 Å². The molecule has 0 atom stereocenters. The van der Waals surface area contributed by atoms with E-state index in [0.717, 1.165) is 6.42 Å². The third-order valence-electron chi connectivity index (χ3n) is 4.54. The number of nitrogens with zero attached hydrogens (tertiary/aromatic N) is 2. The van der Waals surface area contributed by atoms with E-state index in [2.05, 4.69) is 15.1 Å². The smallest absolute Gasteiger partial charge is 0.284 e. The molecular formula is C19H20N4O5S. The van der Waals surface area contributed by atoms with Crippen LogP contribution < -0.4 is 16.3 Å². The van der Waals surface area contributed by atoms with Gasteiger partial charge in [-0.3, -0.25) is 13.9 Å². The lowest BCUT2D eigenvalue weighted by Gasteiger charge is -2.34. The summed E-state index contributed by atoms with van der Waals surface area (Å²) in [4.78, 5) is 13.2. The van der Waals surface area contributed by atoms with Gasteiger partial charge < -0.3 is 21.0 Å². The summed E-state index contributed by atoms with van der Waals surface area (Å²) in [5, 5.41) is 23.8. The molecule has 2 heterocycles. The molecule has 0 bridgehead atoms. The molecule has 0 unspecified atom stereocenters. The lowest BCUT2D eigenvalue weighted by atomic mass is 10.1. The number of aromatic hydroxyl groups is 2. The van der Waals surface area contributed by atoms with E-state index in [1.165, 1.54) is 22.9 Å². The fraction of sp³-hybridized carbons (Fsp3) is 0.158. The van der Waals surface area contributed by atoms with Gasteiger partial charge in [0.2, 0.25) is 0 Å². The first-order valence-corrected chi connectivity index (χ1v) is 10.4. The number of hydrogen-bond donors (Lipinski definition) is 6. The van der Waals surface area contributed by atoms with Gasteiger partial charge in [-0.15, -0.1) is 4.40 Å². The molecule has 6 N–H and O–H groups in total. The van der Waals surface area contributed by atoms with Crippen molar-refractivity contribution in [1.82, 2.24) is 4.68 Å². The van der Waals surface area contributed by atoms with Gasteiger partial charge in [-0.2, -0.15) is 0 Å². The third-order valence-corrected chi connectivity index (χ3v) is 5.91. The Morgan fingerprint density at radius 3 is 2.69 bits per heavy atom. The van der Waals surface area contributed by atoms with Gasteiger partial charge in [0.1, 0.15) is 22.0 Å². The highest BCUT2D eigenvalue weighted by Gasteiger charge is 2.30. The van der Waals surface area contributed by atoms with E-state index in [9.17, 15) is 24.1 Å². The predicted octanol–water partition coefficient (Wildman–Crippen LogP) is 3.26. The fourth-order valence-corrected chi connectivity index (χ4v) is 4.38. The molecule has 4 rings (SSSR count). The maximum absolute atomic E-state index is 13.2. The van der Waals surface area contributed by atoms with Crippen LogP contribution in [0.3, 0.4) is 0 Å². The molecule has 0 radical (unpaired) electrons. The lowest BCUT2D eigenvalue weighted by molar-refractivity contribution is 0.467. The second-order valence-electron chi connectivity index (χ2n) is 6.55. The highest BCUT2D eigenvalue weighted by molar-refractivity contribution is 8.23. The van der Waals surface area contributed by atoms with E-state index < -0.39 is 16.3 Å². The standard InChI is InChI=1S/C19H20N4O5S/c1-2-9-20-23-14-6-4-3-5-12(14)17(25)16(19(23)26)18-21-13-8-7-11(24)10-15(13)29(27,28)22-18/h3-8,10,20,24-25,27-28H,2,9H2,1H3,(H,21,22). The summed E-state index contributed by atoms with van der Waals surface area (Å²) in [7, 11) is -3.69. The number of aromatic nitrogens is 1. The number of hydrogen-bond acceptors (Lipinski definition) is 8. The maximum Gasteiger partial charge on any atom is 0.284 e. The summed E-state index contributed by atoms with van der Waals surface area (Å²) < 4.78 is 26.2. The van der Waals surface area contributed by atoms with E-state index in [1.807, 2.05) is 6.92 Å². The van der Waals surface area contributed by atoms with Crippen LogP contribution in [0, 0.1) is 0 Å². The molecule has 0 fully saturated rings. The Bertz CT molecular complexity index is 1210. The average molecular weight is 416 g/mol. The van der Waals surface area contributed by atoms with E-state index in [1.54, 1.807) is 24.3 Å². The minimum absolute atomic E-state index is 0.00552. The normalized spacial score (nSPS) is 15.9. The molecule has 29 heavy (non-hydrogen) atoms. The molecular weight excluding hydrogens is 396 g/mol. The molecule has 1 aromatic heterocycles. The van der Waals surface area contributed by atoms with Gasteiger partial charge in [0.05, 0.1) is 11.2 Å². The van der Waals surface area contributed by atoms with Gasteiger partial charge in [-0.25, -0.2) is 4.68 Å². The zero-order chi connectivity index (χ0) is 20.8. The summed E-state index contributed by atoms with van der Waals surface area (Å²) in [5.74, 6) is -0.629. The number of phenolic OH excluding ortho intramolecular Hbond substituents is 1. The SMILES string of the molecule is CCCNn1c(=O)c(C2=NS(O)(O)c3cc(O)ccc3N2)c(O)c2ccccc21. The quantitative estimate of drug-likeness (QED) is 0.359. The number of fused-ring (bicyclic) bond motifs is 2. The summed E-state index contributed by atoms with van der Waals surface area (Å²) in [5.41, 5.74) is 3.00. The van der Waals surface area contributed by atoms with Crippen LogP contribution in [0.5, 0.6) is 11.5 Å². The van der Waals surface area contributed by atoms with Crippen LogP contribution >= 0.6 is 10.8 Å². The number of para-hydroxylation sites is 1. The van der Waals surface area contributed by atoms with Crippen molar-refractivity contribution < 1.29 is 19.3 Å². The Hall–Kier alpha value is -3.21. The van der Waals surface area contributed by atoms with Crippen LogP contribution in [0.15, 0.2) is 56.6 Å². The fourth-order valence-electron chi connectivity index (χ4n) is 3.20. The molecule has 2 aromatic carbocycles. The Morgan fingerprint density at radius 2 is 1.93 bits per heavy atom. The largest absolute Gasteiger partial charge is 0.508 e. The van der Waals surface area contributed by atoms with Crippen LogP contribution in [0.1, 0.15) is 18.9 Å². The zero-order valence-corrected chi connectivity index (χ0v) is 16.3. The molecule has 3 aromatic rings. The first kappa shape index (κ1) is 19.1. The van der Waals surface area contributed by atoms with Gasteiger partial charge in [0, 0.05) is 18.0 Å². The van der Waals surface area contributed by atoms with Crippen LogP contribution in [0.25, 0.3) is 10.9 Å². The Kier molecular flexibility index (Phi) is 4.61. The number of anilines is 1. The molecule has 0 amide bonds. The summed E-state index contributed by atoms with van der Waals surface area (Å²) in [6.45, 7) is 2.47. The molecule has 10 heteroatoms. The minimum atomic E-state index is -3.69. The van der Waals surface area contributed by atoms with Crippen molar-refractivity contribution >= 4 is 33.2 Å². The lowest BCUT2D eigenvalue weighted by Crippen LogP contribution is -2.36. The molecule has 0 spiro atoms. The molecule has 9 nitrogen and oxygen atoms in total. The van der Waals surface area contributed by atoms with Gasteiger partial charge in [0.25, 0.3) is 5.56 Å². The molecule has 0 saturated heterocycles. The number of nitrogens with one attached hydrogen (secondary N) is 2. The van der Waals surface area contributed by atoms with Crippen molar-refractivity contribution in [1.29, 1.82) is 0 Å². The Balaban J connectivity index is 1.96. The first-order chi connectivity index (χ1) is 13.8. The number of phenols is 1. The van der Waals surface area contributed by atoms with Crippen molar-refractivity contribution in [2.75, 3.05) is 17.3 Å². The Labute approximate surface area is 167 Å². The molecule has 1 aliphatic rings.